The summed E-state index contributed by atoms with van der Waals surface area (Å²) in [6, 6.07) is 6.37. The number of aliphatic carboxylic acids is 1. The lowest BCUT2D eigenvalue weighted by molar-refractivity contribution is -0.384. The molecule has 1 aromatic carbocycles. The molecule has 130 valence electrons. The van der Waals surface area contributed by atoms with Gasteiger partial charge in [-0.3, -0.25) is 19.7 Å². The van der Waals surface area contributed by atoms with E-state index in [-0.39, 0.29) is 30.4 Å². The van der Waals surface area contributed by atoms with Crippen LogP contribution in [0.5, 0.6) is 0 Å². The molecule has 1 N–H and O–H groups in total. The summed E-state index contributed by atoms with van der Waals surface area (Å²) in [7, 11) is 0. The molecule has 0 aliphatic carbocycles. The van der Waals surface area contributed by atoms with Crippen LogP contribution < -0.4 is 4.90 Å². The van der Waals surface area contributed by atoms with Crippen LogP contribution in [0.25, 0.3) is 0 Å². The summed E-state index contributed by atoms with van der Waals surface area (Å²) in [5.74, 6) is -1.09. The number of carbonyl (C=O) groups excluding carboxylic acids is 1. The maximum absolute atomic E-state index is 12.2. The third-order valence-corrected chi connectivity index (χ3v) is 4.10. The van der Waals surface area contributed by atoms with E-state index in [1.807, 2.05) is 0 Å². The van der Waals surface area contributed by atoms with Crippen molar-refractivity contribution in [1.29, 1.82) is 0 Å². The number of hydrogen-bond donors (Lipinski definition) is 1. The highest BCUT2D eigenvalue weighted by molar-refractivity contribution is 5.77. The first-order valence-corrected chi connectivity index (χ1v) is 7.86. The van der Waals surface area contributed by atoms with Gasteiger partial charge in [-0.2, -0.15) is 0 Å². The van der Waals surface area contributed by atoms with Crippen LogP contribution in [0, 0.1) is 16.0 Å². The molecule has 1 atom stereocenters. The smallest absolute Gasteiger partial charge is 0.303 e. The van der Waals surface area contributed by atoms with Crippen molar-refractivity contribution in [3.63, 3.8) is 0 Å². The summed E-state index contributed by atoms with van der Waals surface area (Å²) in [5.41, 5.74) is 0.951. The molecule has 8 nitrogen and oxygen atoms in total. The zero-order chi connectivity index (χ0) is 17.7. The maximum atomic E-state index is 12.2. The molecule has 1 aliphatic rings. The summed E-state index contributed by atoms with van der Waals surface area (Å²) in [6.45, 7) is 4.19. The third kappa shape index (κ3) is 4.68. The zero-order valence-corrected chi connectivity index (χ0v) is 13.6. The Labute approximate surface area is 139 Å². The van der Waals surface area contributed by atoms with Gasteiger partial charge in [-0.15, -0.1) is 0 Å². The average Bonchev–Trinajstić information content (AvgIpc) is 2.54. The summed E-state index contributed by atoms with van der Waals surface area (Å²) in [6.07, 6.45) is 0.234. The van der Waals surface area contributed by atoms with Gasteiger partial charge in [0.15, 0.2) is 0 Å². The Morgan fingerprint density at radius 3 is 2.25 bits per heavy atom. The van der Waals surface area contributed by atoms with Crippen molar-refractivity contribution in [3.05, 3.63) is 34.4 Å². The highest BCUT2D eigenvalue weighted by Gasteiger charge is 2.23. The van der Waals surface area contributed by atoms with Gasteiger partial charge < -0.3 is 14.9 Å². The van der Waals surface area contributed by atoms with E-state index in [2.05, 4.69) is 4.90 Å². The topological polar surface area (TPSA) is 104 Å². The molecule has 8 heteroatoms. The minimum Gasteiger partial charge on any atom is -0.481 e. The molecule has 0 saturated carbocycles. The van der Waals surface area contributed by atoms with E-state index in [4.69, 9.17) is 5.11 Å². The van der Waals surface area contributed by atoms with Crippen LogP contribution in [-0.4, -0.2) is 53.0 Å². The van der Waals surface area contributed by atoms with Crippen molar-refractivity contribution in [2.45, 2.75) is 19.8 Å². The SMILES string of the molecule is C[C@@H](CC(=O)O)CC(=O)N1CCN(c2ccc([N+](=O)[O-])cc2)CC1. The highest BCUT2D eigenvalue weighted by atomic mass is 16.6. The molecule has 0 bridgehead atoms. The number of benzene rings is 1. The highest BCUT2D eigenvalue weighted by Crippen LogP contribution is 2.21. The number of amides is 1. The van der Waals surface area contributed by atoms with Crippen molar-refractivity contribution >= 4 is 23.3 Å². The summed E-state index contributed by atoms with van der Waals surface area (Å²) in [4.78, 5) is 36.9. The van der Waals surface area contributed by atoms with Crippen molar-refractivity contribution < 1.29 is 19.6 Å². The van der Waals surface area contributed by atoms with Crippen LogP contribution >= 0.6 is 0 Å². The maximum Gasteiger partial charge on any atom is 0.303 e. The van der Waals surface area contributed by atoms with Gasteiger partial charge in [-0.1, -0.05) is 6.92 Å². The van der Waals surface area contributed by atoms with Crippen LogP contribution in [0.2, 0.25) is 0 Å². The predicted octanol–water partition coefficient (Wildman–Crippen LogP) is 1.74. The number of piperazine rings is 1. The van der Waals surface area contributed by atoms with Crippen LogP contribution in [-0.2, 0) is 9.59 Å². The van der Waals surface area contributed by atoms with Crippen molar-refractivity contribution in [1.82, 2.24) is 4.90 Å². The summed E-state index contributed by atoms with van der Waals surface area (Å²) < 4.78 is 0. The number of non-ortho nitro benzene ring substituents is 1. The van der Waals surface area contributed by atoms with Gasteiger partial charge >= 0.3 is 5.97 Å². The van der Waals surface area contributed by atoms with Crippen LogP contribution in [0.4, 0.5) is 11.4 Å². The van der Waals surface area contributed by atoms with E-state index in [0.29, 0.717) is 26.2 Å². The fraction of sp³-hybridized carbons (Fsp3) is 0.500. The number of nitro benzene ring substituents is 1. The lowest BCUT2D eigenvalue weighted by atomic mass is 10.0. The molecule has 1 aliphatic heterocycles. The Bertz CT molecular complexity index is 609. The number of anilines is 1. The monoisotopic (exact) mass is 335 g/mol. The molecule has 1 aromatic rings. The number of carboxylic acids is 1. The molecule has 1 saturated heterocycles. The third-order valence-electron chi connectivity index (χ3n) is 4.10. The number of hydrogen-bond acceptors (Lipinski definition) is 5. The van der Waals surface area contributed by atoms with Crippen molar-refractivity contribution in [2.24, 2.45) is 5.92 Å². The first-order valence-electron chi connectivity index (χ1n) is 7.86. The van der Waals surface area contributed by atoms with Gasteiger partial charge in [-0.25, -0.2) is 0 Å². The van der Waals surface area contributed by atoms with Crippen LogP contribution in [0.3, 0.4) is 0 Å². The van der Waals surface area contributed by atoms with E-state index in [0.717, 1.165) is 5.69 Å². The molecule has 0 unspecified atom stereocenters. The molecular formula is C16H21N3O5. The van der Waals surface area contributed by atoms with Gasteiger partial charge in [-0.05, 0) is 18.1 Å². The van der Waals surface area contributed by atoms with E-state index >= 15 is 0 Å². The molecule has 24 heavy (non-hydrogen) atoms. The Morgan fingerprint density at radius 2 is 1.75 bits per heavy atom. The quantitative estimate of drug-likeness (QED) is 0.627. The Kier molecular flexibility index (Phi) is 5.73. The number of nitro groups is 1. The molecule has 1 heterocycles. The van der Waals surface area contributed by atoms with Gasteiger partial charge in [0.25, 0.3) is 5.69 Å². The lowest BCUT2D eigenvalue weighted by Crippen LogP contribution is -2.49. The van der Waals surface area contributed by atoms with Crippen LogP contribution in [0.1, 0.15) is 19.8 Å². The van der Waals surface area contributed by atoms with E-state index in [1.165, 1.54) is 12.1 Å². The van der Waals surface area contributed by atoms with E-state index in [9.17, 15) is 19.7 Å². The molecule has 0 aromatic heterocycles. The van der Waals surface area contributed by atoms with Gasteiger partial charge in [0.05, 0.1) is 4.92 Å². The second kappa shape index (κ2) is 7.76. The first kappa shape index (κ1) is 17.7. The Morgan fingerprint density at radius 1 is 1.17 bits per heavy atom. The number of rotatable bonds is 6. The van der Waals surface area contributed by atoms with Crippen molar-refractivity contribution in [3.8, 4) is 0 Å². The van der Waals surface area contributed by atoms with E-state index < -0.39 is 10.9 Å². The van der Waals surface area contributed by atoms with E-state index in [1.54, 1.807) is 24.0 Å². The fourth-order valence-corrected chi connectivity index (χ4v) is 2.80. The molecular weight excluding hydrogens is 314 g/mol. The second-order valence-electron chi connectivity index (χ2n) is 6.05. The van der Waals surface area contributed by atoms with Gasteiger partial charge in [0.2, 0.25) is 5.91 Å². The number of carbonyl (C=O) groups is 2. The predicted molar refractivity (Wildman–Crippen MR) is 87.9 cm³/mol. The largest absolute Gasteiger partial charge is 0.481 e. The number of carboxylic acid groups (broad SMARTS) is 1. The Hall–Kier alpha value is -2.64. The number of nitrogens with zero attached hydrogens (tertiary/aromatic N) is 3. The molecule has 0 spiro atoms. The minimum atomic E-state index is -0.890. The minimum absolute atomic E-state index is 0.00546. The fourth-order valence-electron chi connectivity index (χ4n) is 2.80. The molecule has 2 rings (SSSR count). The van der Waals surface area contributed by atoms with Gasteiger partial charge in [0, 0.05) is 56.8 Å². The van der Waals surface area contributed by atoms with Crippen LogP contribution in [0.15, 0.2) is 24.3 Å². The summed E-state index contributed by atoms with van der Waals surface area (Å²) >= 11 is 0. The van der Waals surface area contributed by atoms with Gasteiger partial charge in [0.1, 0.15) is 0 Å². The average molecular weight is 335 g/mol. The van der Waals surface area contributed by atoms with Crippen molar-refractivity contribution in [2.75, 3.05) is 31.1 Å². The molecule has 1 amide bonds. The first-order chi connectivity index (χ1) is 11.4. The lowest BCUT2D eigenvalue weighted by Gasteiger charge is -2.36. The Balaban J connectivity index is 1.85. The second-order valence-corrected chi connectivity index (χ2v) is 6.05. The standard InChI is InChI=1S/C16H21N3O5/c1-12(11-16(21)22)10-15(20)18-8-6-17(7-9-18)13-2-4-14(5-3-13)19(23)24/h2-5,12H,6-11H2,1H3,(H,21,22)/t12-/m1/s1. The molecule has 0 radical (unpaired) electrons. The summed E-state index contributed by atoms with van der Waals surface area (Å²) in [5, 5.41) is 19.4. The molecule has 1 fully saturated rings. The zero-order valence-electron chi connectivity index (χ0n) is 13.6. The normalized spacial score (nSPS) is 15.9.